The molecule has 0 bridgehead atoms. The van der Waals surface area contributed by atoms with Gasteiger partial charge in [-0.1, -0.05) is 18.2 Å². The summed E-state index contributed by atoms with van der Waals surface area (Å²) in [7, 11) is 1.09. The third-order valence-corrected chi connectivity index (χ3v) is 2.96. The van der Waals surface area contributed by atoms with Crippen LogP contribution in [0, 0.1) is 0 Å². The van der Waals surface area contributed by atoms with Crippen LogP contribution in [0.3, 0.4) is 0 Å². The zero-order valence-electron chi connectivity index (χ0n) is 12.0. The Morgan fingerprint density at radius 1 is 1.09 bits per heavy atom. The van der Waals surface area contributed by atoms with E-state index in [0.717, 1.165) is 12.0 Å². The Kier molecular flexibility index (Phi) is 4.36. The summed E-state index contributed by atoms with van der Waals surface area (Å²) in [5.41, 5.74) is -0.759. The molecule has 0 fully saturated rings. The van der Waals surface area contributed by atoms with Gasteiger partial charge >= 0.3 is 17.8 Å². The minimum Gasteiger partial charge on any atom is -0.464 e. The number of hydrogen-bond donors (Lipinski definition) is 0. The highest BCUT2D eigenvalue weighted by Crippen LogP contribution is 2.29. The summed E-state index contributed by atoms with van der Waals surface area (Å²) in [5.74, 6) is -4.09. The summed E-state index contributed by atoms with van der Waals surface area (Å²) >= 11 is 0. The lowest BCUT2D eigenvalue weighted by Crippen LogP contribution is -2.31. The SMILES string of the molecule is CCOC(=O)C1=C(C(=O)OC)N(c2ccccc2)C(=O)C1=O. The molecule has 1 aromatic rings. The molecule has 0 aliphatic carbocycles. The van der Waals surface area contributed by atoms with Crippen molar-refractivity contribution >= 4 is 29.3 Å². The highest BCUT2D eigenvalue weighted by Gasteiger charge is 2.46. The van der Waals surface area contributed by atoms with Crippen LogP contribution in [-0.2, 0) is 28.7 Å². The Morgan fingerprint density at radius 3 is 2.27 bits per heavy atom. The second-order valence-electron chi connectivity index (χ2n) is 4.24. The van der Waals surface area contributed by atoms with Gasteiger partial charge in [0.15, 0.2) is 5.70 Å². The van der Waals surface area contributed by atoms with E-state index in [4.69, 9.17) is 4.74 Å². The molecule has 0 N–H and O–H groups in total. The number of hydrogen-bond acceptors (Lipinski definition) is 6. The van der Waals surface area contributed by atoms with E-state index in [1.165, 1.54) is 12.1 Å². The molecule has 0 radical (unpaired) electrons. The van der Waals surface area contributed by atoms with E-state index in [9.17, 15) is 19.2 Å². The van der Waals surface area contributed by atoms with Gasteiger partial charge < -0.3 is 9.47 Å². The van der Waals surface area contributed by atoms with Gasteiger partial charge in [0.05, 0.1) is 13.7 Å². The average molecular weight is 303 g/mol. The third-order valence-electron chi connectivity index (χ3n) is 2.96. The van der Waals surface area contributed by atoms with Gasteiger partial charge in [0.25, 0.3) is 5.78 Å². The molecule has 1 aliphatic rings. The van der Waals surface area contributed by atoms with Gasteiger partial charge in [0.1, 0.15) is 5.57 Å². The topological polar surface area (TPSA) is 90.0 Å². The van der Waals surface area contributed by atoms with Crippen molar-refractivity contribution in [1.82, 2.24) is 0 Å². The number of amides is 1. The van der Waals surface area contributed by atoms with Gasteiger partial charge in [0.2, 0.25) is 0 Å². The zero-order valence-corrected chi connectivity index (χ0v) is 12.0. The number of Topliss-reactive ketones (excluding diaryl/α,β-unsaturated/α-hetero) is 1. The van der Waals surface area contributed by atoms with Crippen LogP contribution < -0.4 is 4.90 Å². The maximum absolute atomic E-state index is 12.2. The highest BCUT2D eigenvalue weighted by molar-refractivity contribution is 6.57. The first-order chi connectivity index (χ1) is 10.5. The molecule has 0 aromatic heterocycles. The maximum Gasteiger partial charge on any atom is 0.356 e. The number of esters is 2. The van der Waals surface area contributed by atoms with Crippen molar-refractivity contribution in [2.24, 2.45) is 0 Å². The Bertz CT molecular complexity index is 677. The lowest BCUT2D eigenvalue weighted by Gasteiger charge is -2.17. The second kappa shape index (κ2) is 6.21. The number of carbonyl (C=O) groups excluding carboxylic acids is 4. The van der Waals surface area contributed by atoms with Crippen molar-refractivity contribution in [2.75, 3.05) is 18.6 Å². The van der Waals surface area contributed by atoms with Crippen LogP contribution >= 0.6 is 0 Å². The van der Waals surface area contributed by atoms with E-state index < -0.39 is 34.9 Å². The standard InChI is InChI=1S/C15H13NO6/c1-3-22-14(19)10-11(15(20)21-2)16(13(18)12(10)17)9-7-5-4-6-8-9/h4-8H,3H2,1-2H3. The third kappa shape index (κ3) is 2.48. The van der Waals surface area contributed by atoms with Crippen LogP contribution in [0.4, 0.5) is 5.69 Å². The summed E-state index contributed by atoms with van der Waals surface area (Å²) in [6.07, 6.45) is 0. The largest absolute Gasteiger partial charge is 0.464 e. The van der Waals surface area contributed by atoms with E-state index in [0.29, 0.717) is 0 Å². The lowest BCUT2D eigenvalue weighted by molar-refractivity contribution is -0.142. The van der Waals surface area contributed by atoms with Crippen molar-refractivity contribution < 1.29 is 28.7 Å². The summed E-state index contributed by atoms with van der Waals surface area (Å²) in [5, 5.41) is 0. The molecule has 0 spiro atoms. The van der Waals surface area contributed by atoms with Crippen LogP contribution in [0.25, 0.3) is 0 Å². The summed E-state index contributed by atoms with van der Waals surface area (Å²) in [6.45, 7) is 1.55. The number of nitrogens with zero attached hydrogens (tertiary/aromatic N) is 1. The molecule has 1 aliphatic heterocycles. The van der Waals surface area contributed by atoms with Crippen LogP contribution in [0.1, 0.15) is 6.92 Å². The van der Waals surface area contributed by atoms with Gasteiger partial charge in [-0.3, -0.25) is 14.5 Å². The minimum atomic E-state index is -1.09. The maximum atomic E-state index is 12.2. The molecule has 1 amide bonds. The number of ether oxygens (including phenoxy) is 2. The normalized spacial score (nSPS) is 14.4. The van der Waals surface area contributed by atoms with Crippen LogP contribution in [0.5, 0.6) is 0 Å². The first-order valence-electron chi connectivity index (χ1n) is 6.46. The summed E-state index contributed by atoms with van der Waals surface area (Å²) < 4.78 is 9.34. The first kappa shape index (κ1) is 15.4. The average Bonchev–Trinajstić information content (AvgIpc) is 2.79. The molecular weight excluding hydrogens is 290 g/mol. The van der Waals surface area contributed by atoms with Crippen molar-refractivity contribution in [3.8, 4) is 0 Å². The molecule has 2 rings (SSSR count). The van der Waals surface area contributed by atoms with Crippen molar-refractivity contribution in [1.29, 1.82) is 0 Å². The molecule has 7 nitrogen and oxygen atoms in total. The summed E-state index contributed by atoms with van der Waals surface area (Å²) in [6, 6.07) is 8.03. The number of benzene rings is 1. The quantitative estimate of drug-likeness (QED) is 0.459. The van der Waals surface area contributed by atoms with E-state index in [-0.39, 0.29) is 12.3 Å². The Morgan fingerprint density at radius 2 is 1.73 bits per heavy atom. The van der Waals surface area contributed by atoms with Gasteiger partial charge in [-0.25, -0.2) is 9.59 Å². The number of para-hydroxylation sites is 1. The van der Waals surface area contributed by atoms with Crippen LogP contribution in [-0.4, -0.2) is 37.3 Å². The van der Waals surface area contributed by atoms with E-state index >= 15 is 0 Å². The zero-order chi connectivity index (χ0) is 16.3. The van der Waals surface area contributed by atoms with Gasteiger partial charge in [-0.15, -0.1) is 0 Å². The molecule has 0 saturated heterocycles. The lowest BCUT2D eigenvalue weighted by atomic mass is 10.1. The Labute approximate surface area is 126 Å². The fraction of sp³-hybridized carbons (Fsp3) is 0.200. The van der Waals surface area contributed by atoms with E-state index in [1.54, 1.807) is 25.1 Å². The predicted octanol–water partition coefficient (Wildman–Crippen LogP) is 0.593. The predicted molar refractivity (Wildman–Crippen MR) is 74.6 cm³/mol. The number of rotatable bonds is 4. The van der Waals surface area contributed by atoms with E-state index in [2.05, 4.69) is 4.74 Å². The number of methoxy groups -OCH3 is 1. The van der Waals surface area contributed by atoms with Gasteiger partial charge in [0, 0.05) is 5.69 Å². The summed E-state index contributed by atoms with van der Waals surface area (Å²) in [4.78, 5) is 49.0. The molecule has 1 heterocycles. The molecule has 114 valence electrons. The van der Waals surface area contributed by atoms with Crippen molar-refractivity contribution in [3.63, 3.8) is 0 Å². The fourth-order valence-corrected chi connectivity index (χ4v) is 2.04. The molecule has 7 heteroatoms. The van der Waals surface area contributed by atoms with Crippen LogP contribution in [0.15, 0.2) is 41.6 Å². The number of ketones is 1. The highest BCUT2D eigenvalue weighted by atomic mass is 16.5. The van der Waals surface area contributed by atoms with Gasteiger partial charge in [-0.2, -0.15) is 0 Å². The smallest absolute Gasteiger partial charge is 0.356 e. The Balaban J connectivity index is 2.62. The fourth-order valence-electron chi connectivity index (χ4n) is 2.04. The van der Waals surface area contributed by atoms with E-state index in [1.807, 2.05) is 0 Å². The number of anilines is 1. The molecule has 0 saturated carbocycles. The van der Waals surface area contributed by atoms with Crippen molar-refractivity contribution in [2.45, 2.75) is 6.92 Å². The Hall–Kier alpha value is -2.96. The first-order valence-corrected chi connectivity index (χ1v) is 6.46. The number of carbonyl (C=O) groups is 4. The molecule has 22 heavy (non-hydrogen) atoms. The minimum absolute atomic E-state index is 0.00356. The van der Waals surface area contributed by atoms with Gasteiger partial charge in [-0.05, 0) is 19.1 Å². The second-order valence-corrected chi connectivity index (χ2v) is 4.24. The molecule has 0 atom stereocenters. The van der Waals surface area contributed by atoms with Crippen molar-refractivity contribution in [3.05, 3.63) is 41.6 Å². The molecular formula is C15H13NO6. The molecule has 0 unspecified atom stereocenters. The monoisotopic (exact) mass is 303 g/mol. The van der Waals surface area contributed by atoms with Crippen LogP contribution in [0.2, 0.25) is 0 Å². The molecule has 1 aromatic carbocycles.